The fourth-order valence-electron chi connectivity index (χ4n) is 3.18. The lowest BCUT2D eigenvalue weighted by atomic mass is 10.0. The number of aryl methyl sites for hydroxylation is 3. The van der Waals surface area contributed by atoms with Gasteiger partial charge in [0.2, 0.25) is 0 Å². The lowest BCUT2D eigenvalue weighted by molar-refractivity contribution is 0.220. The third kappa shape index (κ3) is 4.62. The molecule has 0 aliphatic rings. The molecule has 3 rings (SSSR count). The molecule has 0 radical (unpaired) electrons. The minimum absolute atomic E-state index is 0.109. The van der Waals surface area contributed by atoms with Crippen LogP contribution in [0, 0.1) is 25.5 Å². The van der Waals surface area contributed by atoms with Crippen LogP contribution in [0.2, 0.25) is 0 Å². The number of hydrogen-bond donors (Lipinski definition) is 1. The van der Waals surface area contributed by atoms with E-state index in [1.807, 2.05) is 20.8 Å². The SMILES string of the molecule is CCc1cc(F)c(CN(C)C(=O)Nc2ccc(-n3cnc(C)c3)c(F)c2)cc1C. The number of carbonyl (C=O) groups is 1. The number of anilines is 1. The largest absolute Gasteiger partial charge is 0.323 e. The molecule has 0 bridgehead atoms. The molecule has 0 saturated carbocycles. The molecule has 7 heteroatoms. The van der Waals surface area contributed by atoms with Gasteiger partial charge in [0.15, 0.2) is 0 Å². The first-order valence-corrected chi connectivity index (χ1v) is 9.39. The number of benzene rings is 2. The molecule has 29 heavy (non-hydrogen) atoms. The van der Waals surface area contributed by atoms with Crippen molar-refractivity contribution in [1.29, 1.82) is 0 Å². The van der Waals surface area contributed by atoms with E-state index in [0.717, 1.165) is 23.2 Å². The Morgan fingerprint density at radius 1 is 1.14 bits per heavy atom. The van der Waals surface area contributed by atoms with Crippen molar-refractivity contribution in [2.45, 2.75) is 33.7 Å². The maximum Gasteiger partial charge on any atom is 0.321 e. The molecule has 0 unspecified atom stereocenters. The van der Waals surface area contributed by atoms with Crippen molar-refractivity contribution < 1.29 is 13.6 Å². The van der Waals surface area contributed by atoms with Crippen molar-refractivity contribution in [2.75, 3.05) is 12.4 Å². The van der Waals surface area contributed by atoms with Crippen LogP contribution in [0.25, 0.3) is 5.69 Å². The molecular weight excluding hydrogens is 374 g/mol. The number of rotatable bonds is 5. The summed E-state index contributed by atoms with van der Waals surface area (Å²) in [7, 11) is 1.57. The Balaban J connectivity index is 1.70. The average molecular weight is 398 g/mol. The fourth-order valence-corrected chi connectivity index (χ4v) is 3.18. The number of nitrogens with one attached hydrogen (secondary N) is 1. The second-order valence-corrected chi connectivity index (χ2v) is 7.10. The van der Waals surface area contributed by atoms with Gasteiger partial charge in [0, 0.05) is 31.0 Å². The summed E-state index contributed by atoms with van der Waals surface area (Å²) >= 11 is 0. The molecule has 1 aromatic heterocycles. The van der Waals surface area contributed by atoms with Crippen LogP contribution in [0.4, 0.5) is 19.3 Å². The molecular formula is C22H24F2N4O. The lowest BCUT2D eigenvalue weighted by Crippen LogP contribution is -2.31. The maximum absolute atomic E-state index is 14.4. The summed E-state index contributed by atoms with van der Waals surface area (Å²) in [6, 6.07) is 7.25. The third-order valence-corrected chi connectivity index (χ3v) is 4.83. The first-order valence-electron chi connectivity index (χ1n) is 9.39. The van der Waals surface area contributed by atoms with E-state index in [1.54, 1.807) is 36.0 Å². The summed E-state index contributed by atoms with van der Waals surface area (Å²) in [5.74, 6) is -0.821. The Bertz CT molecular complexity index is 1050. The molecule has 5 nitrogen and oxygen atoms in total. The van der Waals surface area contributed by atoms with E-state index in [-0.39, 0.29) is 12.4 Å². The minimum atomic E-state index is -0.486. The van der Waals surface area contributed by atoms with Crippen molar-refractivity contribution in [2.24, 2.45) is 0 Å². The van der Waals surface area contributed by atoms with Gasteiger partial charge in [-0.25, -0.2) is 18.6 Å². The number of urea groups is 1. The molecule has 0 aliphatic carbocycles. The quantitative estimate of drug-likeness (QED) is 0.658. The predicted molar refractivity (Wildman–Crippen MR) is 109 cm³/mol. The van der Waals surface area contributed by atoms with E-state index in [1.165, 1.54) is 23.4 Å². The Labute approximate surface area is 169 Å². The van der Waals surface area contributed by atoms with Crippen LogP contribution >= 0.6 is 0 Å². The highest BCUT2D eigenvalue weighted by atomic mass is 19.1. The van der Waals surface area contributed by atoms with E-state index in [9.17, 15) is 13.6 Å². The number of amides is 2. The molecule has 0 atom stereocenters. The van der Waals surface area contributed by atoms with Crippen LogP contribution in [-0.2, 0) is 13.0 Å². The zero-order chi connectivity index (χ0) is 21.1. The fraction of sp³-hybridized carbons (Fsp3) is 0.273. The van der Waals surface area contributed by atoms with Crippen molar-refractivity contribution in [3.05, 3.63) is 76.9 Å². The molecule has 152 valence electrons. The highest BCUT2D eigenvalue weighted by Crippen LogP contribution is 2.20. The van der Waals surface area contributed by atoms with Crippen LogP contribution in [0.15, 0.2) is 42.9 Å². The average Bonchev–Trinajstić information content (AvgIpc) is 3.10. The molecule has 3 aromatic rings. The smallest absolute Gasteiger partial charge is 0.321 e. The number of nitrogens with zero attached hydrogens (tertiary/aromatic N) is 3. The Morgan fingerprint density at radius 3 is 2.52 bits per heavy atom. The van der Waals surface area contributed by atoms with Gasteiger partial charge >= 0.3 is 6.03 Å². The summed E-state index contributed by atoms with van der Waals surface area (Å²) in [5, 5.41) is 2.64. The van der Waals surface area contributed by atoms with Crippen molar-refractivity contribution in [1.82, 2.24) is 14.5 Å². The highest BCUT2D eigenvalue weighted by Gasteiger charge is 2.15. The monoisotopic (exact) mass is 398 g/mol. The molecule has 0 spiro atoms. The number of imidazole rings is 1. The van der Waals surface area contributed by atoms with Crippen LogP contribution in [0.1, 0.15) is 29.3 Å². The molecule has 2 aromatic carbocycles. The van der Waals surface area contributed by atoms with Gasteiger partial charge in [-0.2, -0.15) is 0 Å². The second-order valence-electron chi connectivity index (χ2n) is 7.10. The molecule has 1 heterocycles. The van der Waals surface area contributed by atoms with Crippen LogP contribution in [0.3, 0.4) is 0 Å². The number of hydrogen-bond acceptors (Lipinski definition) is 2. The molecule has 2 amide bonds. The van der Waals surface area contributed by atoms with E-state index in [4.69, 9.17) is 0 Å². The maximum atomic E-state index is 14.4. The van der Waals surface area contributed by atoms with Gasteiger partial charge in [0.25, 0.3) is 0 Å². The second kappa shape index (κ2) is 8.43. The van der Waals surface area contributed by atoms with Crippen LogP contribution in [-0.4, -0.2) is 27.5 Å². The molecule has 0 saturated heterocycles. The van der Waals surface area contributed by atoms with Gasteiger partial charge in [0.05, 0.1) is 17.7 Å². The summed E-state index contributed by atoms with van der Waals surface area (Å²) in [4.78, 5) is 17.9. The highest BCUT2D eigenvalue weighted by molar-refractivity contribution is 5.89. The van der Waals surface area contributed by atoms with Gasteiger partial charge in [-0.05, 0) is 55.7 Å². The third-order valence-electron chi connectivity index (χ3n) is 4.83. The Morgan fingerprint density at radius 2 is 1.90 bits per heavy atom. The zero-order valence-electron chi connectivity index (χ0n) is 17.0. The Hall–Kier alpha value is -3.22. The summed E-state index contributed by atoms with van der Waals surface area (Å²) < 4.78 is 30.3. The van der Waals surface area contributed by atoms with Crippen LogP contribution in [0.5, 0.6) is 0 Å². The van der Waals surface area contributed by atoms with Gasteiger partial charge in [-0.1, -0.05) is 13.0 Å². The van der Waals surface area contributed by atoms with E-state index < -0.39 is 11.8 Å². The van der Waals surface area contributed by atoms with E-state index in [2.05, 4.69) is 10.3 Å². The summed E-state index contributed by atoms with van der Waals surface area (Å²) in [6.45, 7) is 5.82. The predicted octanol–water partition coefficient (Wildman–Crippen LogP) is 4.99. The van der Waals surface area contributed by atoms with Crippen molar-refractivity contribution >= 4 is 11.7 Å². The van der Waals surface area contributed by atoms with Gasteiger partial charge in [-0.3, -0.25) is 0 Å². The zero-order valence-corrected chi connectivity index (χ0v) is 17.0. The minimum Gasteiger partial charge on any atom is -0.323 e. The standard InChI is InChI=1S/C22H24F2N4O/c1-5-16-9-19(23)17(8-14(16)2)12-27(4)22(29)26-18-6-7-21(20(24)10-18)28-11-15(3)25-13-28/h6-11,13H,5,12H2,1-4H3,(H,26,29). The van der Waals surface area contributed by atoms with Crippen molar-refractivity contribution in [3.8, 4) is 5.69 Å². The van der Waals surface area contributed by atoms with E-state index >= 15 is 0 Å². The van der Waals surface area contributed by atoms with Crippen LogP contribution < -0.4 is 5.32 Å². The first kappa shape index (κ1) is 20.5. The lowest BCUT2D eigenvalue weighted by Gasteiger charge is -2.19. The van der Waals surface area contributed by atoms with Gasteiger partial charge in [-0.15, -0.1) is 0 Å². The van der Waals surface area contributed by atoms with Gasteiger partial charge in [0.1, 0.15) is 11.6 Å². The number of halogens is 2. The number of carbonyl (C=O) groups excluding carboxylic acids is 1. The number of aromatic nitrogens is 2. The molecule has 0 aliphatic heterocycles. The van der Waals surface area contributed by atoms with Gasteiger partial charge < -0.3 is 14.8 Å². The Kier molecular flexibility index (Phi) is 5.96. The van der Waals surface area contributed by atoms with E-state index in [0.29, 0.717) is 16.9 Å². The summed E-state index contributed by atoms with van der Waals surface area (Å²) in [5.41, 5.74) is 3.81. The normalized spacial score (nSPS) is 10.8. The topological polar surface area (TPSA) is 50.2 Å². The first-order chi connectivity index (χ1) is 13.8. The molecule has 1 N–H and O–H groups in total. The summed E-state index contributed by atoms with van der Waals surface area (Å²) in [6.07, 6.45) is 3.99. The van der Waals surface area contributed by atoms with Crippen molar-refractivity contribution in [3.63, 3.8) is 0 Å². The molecule has 0 fully saturated rings.